The number of carboxylic acid groups (broad SMARTS) is 1. The summed E-state index contributed by atoms with van der Waals surface area (Å²) in [6, 6.07) is 5.28. The lowest BCUT2D eigenvalue weighted by Crippen LogP contribution is -2.56. The summed E-state index contributed by atoms with van der Waals surface area (Å²) in [6.07, 6.45) is 4.35. The summed E-state index contributed by atoms with van der Waals surface area (Å²) in [6.45, 7) is 2.15. The summed E-state index contributed by atoms with van der Waals surface area (Å²) in [5.74, 6) is -1.21. The molecular weight excluding hydrogens is 320 g/mol. The van der Waals surface area contributed by atoms with Gasteiger partial charge in [-0.1, -0.05) is 19.3 Å². The summed E-state index contributed by atoms with van der Waals surface area (Å²) in [7, 11) is 1.59. The minimum atomic E-state index is -1.11. The van der Waals surface area contributed by atoms with Crippen LogP contribution in [0.5, 0.6) is 0 Å². The lowest BCUT2D eigenvalue weighted by Gasteiger charge is -2.41. The van der Waals surface area contributed by atoms with E-state index in [1.807, 2.05) is 0 Å². The Morgan fingerprint density at radius 3 is 2.44 bits per heavy atom. The van der Waals surface area contributed by atoms with Gasteiger partial charge in [-0.15, -0.1) is 0 Å². The number of fused-ring (bicyclic) bond motifs is 1. The quantitative estimate of drug-likeness (QED) is 0.914. The summed E-state index contributed by atoms with van der Waals surface area (Å²) in [5.41, 5.74) is 1.18. The first-order chi connectivity index (χ1) is 11.9. The second-order valence-electron chi connectivity index (χ2n) is 7.03. The van der Waals surface area contributed by atoms with Crippen LogP contribution >= 0.6 is 0 Å². The van der Waals surface area contributed by atoms with Crippen molar-refractivity contribution in [2.75, 3.05) is 18.5 Å². The molecule has 134 valence electrons. The second kappa shape index (κ2) is 6.50. The van der Waals surface area contributed by atoms with Crippen LogP contribution in [-0.2, 0) is 16.0 Å². The van der Waals surface area contributed by atoms with Crippen molar-refractivity contribution >= 4 is 23.5 Å². The number of aliphatic carboxylic acids is 1. The Morgan fingerprint density at radius 1 is 1.16 bits per heavy atom. The van der Waals surface area contributed by atoms with Gasteiger partial charge in [0.25, 0.3) is 5.91 Å². The van der Waals surface area contributed by atoms with E-state index in [0.717, 1.165) is 30.5 Å². The Bertz CT molecular complexity index is 722. The molecule has 0 unspecified atom stereocenters. The summed E-state index contributed by atoms with van der Waals surface area (Å²) >= 11 is 0. The van der Waals surface area contributed by atoms with Gasteiger partial charge >= 0.3 is 5.97 Å². The molecule has 0 atom stereocenters. The molecule has 1 aromatic carbocycles. The minimum Gasteiger partial charge on any atom is -0.479 e. The zero-order valence-corrected chi connectivity index (χ0v) is 14.7. The molecule has 0 aromatic heterocycles. The molecule has 6 nitrogen and oxygen atoms in total. The van der Waals surface area contributed by atoms with Crippen molar-refractivity contribution < 1.29 is 19.5 Å². The van der Waals surface area contributed by atoms with Gasteiger partial charge in [0.05, 0.1) is 0 Å². The molecule has 2 aliphatic rings. The molecule has 25 heavy (non-hydrogen) atoms. The van der Waals surface area contributed by atoms with Crippen molar-refractivity contribution in [2.45, 2.75) is 51.0 Å². The zero-order chi connectivity index (χ0) is 18.2. The molecule has 1 aliphatic carbocycles. The number of amides is 2. The third-order valence-corrected chi connectivity index (χ3v) is 5.63. The van der Waals surface area contributed by atoms with E-state index in [0.29, 0.717) is 31.4 Å². The second-order valence-corrected chi connectivity index (χ2v) is 7.03. The first-order valence-corrected chi connectivity index (χ1v) is 8.79. The molecule has 1 N–H and O–H groups in total. The largest absolute Gasteiger partial charge is 0.479 e. The third kappa shape index (κ3) is 2.90. The Balaban J connectivity index is 1.88. The van der Waals surface area contributed by atoms with E-state index in [9.17, 15) is 19.5 Å². The monoisotopic (exact) mass is 344 g/mol. The molecule has 0 radical (unpaired) electrons. The van der Waals surface area contributed by atoms with E-state index < -0.39 is 11.5 Å². The number of benzene rings is 1. The Kier molecular flexibility index (Phi) is 4.54. The number of carboxylic acids is 1. The van der Waals surface area contributed by atoms with Gasteiger partial charge in [-0.05, 0) is 43.0 Å². The fraction of sp³-hybridized carbons (Fsp3) is 0.526. The third-order valence-electron chi connectivity index (χ3n) is 5.63. The van der Waals surface area contributed by atoms with Crippen molar-refractivity contribution in [1.29, 1.82) is 0 Å². The van der Waals surface area contributed by atoms with Gasteiger partial charge in [-0.3, -0.25) is 9.59 Å². The minimum absolute atomic E-state index is 0.0121. The van der Waals surface area contributed by atoms with Crippen LogP contribution in [0.1, 0.15) is 54.9 Å². The normalized spacial score (nSPS) is 18.6. The number of rotatable bonds is 3. The molecule has 0 spiro atoms. The Labute approximate surface area is 147 Å². The number of carbonyl (C=O) groups excluding carboxylic acids is 2. The van der Waals surface area contributed by atoms with Gasteiger partial charge in [0.15, 0.2) is 0 Å². The van der Waals surface area contributed by atoms with Crippen LogP contribution in [0.2, 0.25) is 0 Å². The van der Waals surface area contributed by atoms with Gasteiger partial charge in [0.2, 0.25) is 5.91 Å². The van der Waals surface area contributed by atoms with Crippen molar-refractivity contribution in [3.63, 3.8) is 0 Å². The van der Waals surface area contributed by atoms with Gasteiger partial charge in [-0.2, -0.15) is 0 Å². The number of likely N-dealkylation sites (N-methyl/N-ethyl adjacent to an activating group) is 1. The predicted octanol–water partition coefficient (Wildman–Crippen LogP) is 2.46. The van der Waals surface area contributed by atoms with E-state index in [1.54, 1.807) is 30.1 Å². The molecule has 6 heteroatoms. The molecule has 1 aromatic rings. The maximum Gasteiger partial charge on any atom is 0.329 e. The maximum absolute atomic E-state index is 13.0. The van der Waals surface area contributed by atoms with Crippen molar-refractivity contribution in [3.8, 4) is 0 Å². The highest BCUT2D eigenvalue weighted by Crippen LogP contribution is 2.35. The Hall–Kier alpha value is -2.37. The average Bonchev–Trinajstić information content (AvgIpc) is 3.04. The lowest BCUT2D eigenvalue weighted by molar-refractivity contribution is -0.151. The average molecular weight is 344 g/mol. The predicted molar refractivity (Wildman–Crippen MR) is 93.7 cm³/mol. The van der Waals surface area contributed by atoms with Gasteiger partial charge in [0, 0.05) is 31.8 Å². The maximum atomic E-state index is 13.0. The topological polar surface area (TPSA) is 77.9 Å². The molecular formula is C19H24N2O4. The van der Waals surface area contributed by atoms with E-state index >= 15 is 0 Å². The highest BCUT2D eigenvalue weighted by molar-refractivity contribution is 6.00. The standard InChI is InChI=1S/C19H24N2O4/c1-13(22)21-11-8-14-12-15(6-7-16(14)21)17(23)20(2)19(18(24)25)9-4-3-5-10-19/h6-7,12H,3-5,8-11H2,1-2H3,(H,24,25). The fourth-order valence-electron chi connectivity index (χ4n) is 4.08. The molecule has 0 saturated heterocycles. The van der Waals surface area contributed by atoms with Crippen molar-refractivity contribution in [1.82, 2.24) is 4.90 Å². The van der Waals surface area contributed by atoms with E-state index in [4.69, 9.17) is 0 Å². The highest BCUT2D eigenvalue weighted by atomic mass is 16.4. The van der Waals surface area contributed by atoms with Crippen LogP contribution in [0.3, 0.4) is 0 Å². The molecule has 0 bridgehead atoms. The van der Waals surface area contributed by atoms with Crippen LogP contribution in [0, 0.1) is 0 Å². The number of nitrogens with zero attached hydrogens (tertiary/aromatic N) is 2. The van der Waals surface area contributed by atoms with Crippen molar-refractivity contribution in [2.24, 2.45) is 0 Å². The number of hydrogen-bond donors (Lipinski definition) is 1. The first-order valence-electron chi connectivity index (χ1n) is 8.79. The molecule has 1 saturated carbocycles. The zero-order valence-electron chi connectivity index (χ0n) is 14.7. The molecule has 3 rings (SSSR count). The van der Waals surface area contributed by atoms with Crippen LogP contribution in [0.25, 0.3) is 0 Å². The summed E-state index contributed by atoms with van der Waals surface area (Å²) in [5, 5.41) is 9.77. The van der Waals surface area contributed by atoms with Gasteiger partial charge in [0.1, 0.15) is 5.54 Å². The van der Waals surface area contributed by atoms with Crippen LogP contribution in [-0.4, -0.2) is 46.9 Å². The van der Waals surface area contributed by atoms with Crippen LogP contribution < -0.4 is 4.90 Å². The summed E-state index contributed by atoms with van der Waals surface area (Å²) in [4.78, 5) is 39.6. The molecule has 2 amide bonds. The molecule has 1 heterocycles. The van der Waals surface area contributed by atoms with E-state index in [2.05, 4.69) is 0 Å². The first kappa shape index (κ1) is 17.5. The van der Waals surface area contributed by atoms with Crippen molar-refractivity contribution in [3.05, 3.63) is 29.3 Å². The van der Waals surface area contributed by atoms with E-state index in [-0.39, 0.29) is 11.8 Å². The SMILES string of the molecule is CC(=O)N1CCc2cc(C(=O)N(C)C3(C(=O)O)CCCCC3)ccc21. The smallest absolute Gasteiger partial charge is 0.329 e. The number of anilines is 1. The van der Waals surface area contributed by atoms with E-state index in [1.165, 1.54) is 11.8 Å². The van der Waals surface area contributed by atoms with Crippen LogP contribution in [0.15, 0.2) is 18.2 Å². The Morgan fingerprint density at radius 2 is 1.84 bits per heavy atom. The number of carbonyl (C=O) groups is 3. The van der Waals surface area contributed by atoms with Crippen LogP contribution in [0.4, 0.5) is 5.69 Å². The summed E-state index contributed by atoms with van der Waals surface area (Å²) < 4.78 is 0. The highest BCUT2D eigenvalue weighted by Gasteiger charge is 2.45. The lowest BCUT2D eigenvalue weighted by atomic mass is 9.80. The molecule has 1 aliphatic heterocycles. The fourth-order valence-corrected chi connectivity index (χ4v) is 4.08. The molecule has 1 fully saturated rings. The van der Waals surface area contributed by atoms with Gasteiger partial charge in [-0.25, -0.2) is 4.79 Å². The number of hydrogen-bond acceptors (Lipinski definition) is 3. The van der Waals surface area contributed by atoms with Gasteiger partial charge < -0.3 is 14.9 Å².